The van der Waals surface area contributed by atoms with Gasteiger partial charge in [-0.3, -0.25) is 9.69 Å². The Morgan fingerprint density at radius 3 is 2.48 bits per heavy atom. The van der Waals surface area contributed by atoms with Crippen LogP contribution >= 0.6 is 11.6 Å². The number of likely N-dealkylation sites (tertiary alicyclic amines) is 1. The second-order valence-electron chi connectivity index (χ2n) is 5.97. The molecule has 1 aliphatic rings. The predicted molar refractivity (Wildman–Crippen MR) is 91.4 cm³/mol. The van der Waals surface area contributed by atoms with Gasteiger partial charge in [-0.2, -0.15) is 0 Å². The maximum Gasteiger partial charge on any atom is 0.310 e. The van der Waals surface area contributed by atoms with E-state index in [4.69, 9.17) is 16.3 Å². The Morgan fingerprint density at radius 1 is 1.13 bits per heavy atom. The number of esters is 1. The topological polar surface area (TPSA) is 29.5 Å². The molecule has 0 spiro atoms. The van der Waals surface area contributed by atoms with Gasteiger partial charge in [-0.1, -0.05) is 54.1 Å². The molecule has 1 saturated heterocycles. The van der Waals surface area contributed by atoms with Gasteiger partial charge in [0.2, 0.25) is 0 Å². The smallest absolute Gasteiger partial charge is 0.310 e. The summed E-state index contributed by atoms with van der Waals surface area (Å²) in [4.78, 5) is 14.5. The lowest BCUT2D eigenvalue weighted by Gasteiger charge is -2.17. The largest absolute Gasteiger partial charge is 0.469 e. The highest BCUT2D eigenvalue weighted by Crippen LogP contribution is 2.34. The summed E-state index contributed by atoms with van der Waals surface area (Å²) in [5.41, 5.74) is 2.40. The summed E-state index contributed by atoms with van der Waals surface area (Å²) in [5, 5.41) is 0.711. The first-order valence-corrected chi connectivity index (χ1v) is 8.14. The van der Waals surface area contributed by atoms with Gasteiger partial charge in [0.25, 0.3) is 0 Å². The summed E-state index contributed by atoms with van der Waals surface area (Å²) in [6, 6.07) is 18.1. The van der Waals surface area contributed by atoms with Gasteiger partial charge >= 0.3 is 5.97 Å². The van der Waals surface area contributed by atoms with Gasteiger partial charge in [0, 0.05) is 30.6 Å². The predicted octanol–water partition coefficient (Wildman–Crippen LogP) is 3.73. The second kappa shape index (κ2) is 7.16. The van der Waals surface area contributed by atoms with Crippen LogP contribution in [0.2, 0.25) is 5.02 Å². The minimum absolute atomic E-state index is 0.134. The third-order valence-corrected chi connectivity index (χ3v) is 4.70. The van der Waals surface area contributed by atoms with Gasteiger partial charge in [0.05, 0.1) is 13.0 Å². The number of methoxy groups -OCH3 is 1. The van der Waals surface area contributed by atoms with E-state index in [1.54, 1.807) is 0 Å². The molecule has 1 fully saturated rings. The lowest BCUT2D eigenvalue weighted by atomic mass is 9.89. The van der Waals surface area contributed by atoms with Gasteiger partial charge in [0.1, 0.15) is 0 Å². The Kier molecular flexibility index (Phi) is 4.99. The van der Waals surface area contributed by atoms with Crippen molar-refractivity contribution in [1.82, 2.24) is 4.90 Å². The highest BCUT2D eigenvalue weighted by atomic mass is 35.5. The number of carbonyl (C=O) groups is 1. The summed E-state index contributed by atoms with van der Waals surface area (Å²) in [6.07, 6.45) is 0. The van der Waals surface area contributed by atoms with E-state index >= 15 is 0 Å². The van der Waals surface area contributed by atoms with E-state index in [-0.39, 0.29) is 17.8 Å². The van der Waals surface area contributed by atoms with E-state index in [2.05, 4.69) is 17.0 Å². The van der Waals surface area contributed by atoms with Crippen LogP contribution in [0.1, 0.15) is 17.0 Å². The lowest BCUT2D eigenvalue weighted by Crippen LogP contribution is -2.24. The van der Waals surface area contributed by atoms with Gasteiger partial charge in [-0.05, 0) is 23.3 Å². The van der Waals surface area contributed by atoms with Crippen molar-refractivity contribution in [3.05, 3.63) is 70.7 Å². The minimum Gasteiger partial charge on any atom is -0.469 e. The van der Waals surface area contributed by atoms with E-state index in [1.807, 2.05) is 42.5 Å². The number of halogens is 1. The van der Waals surface area contributed by atoms with Crippen LogP contribution in [0.4, 0.5) is 0 Å². The molecular formula is C19H20ClNO2. The molecule has 0 N–H and O–H groups in total. The first kappa shape index (κ1) is 16.0. The summed E-state index contributed by atoms with van der Waals surface area (Å²) < 4.78 is 5.02. The van der Waals surface area contributed by atoms with E-state index < -0.39 is 0 Å². The van der Waals surface area contributed by atoms with Crippen LogP contribution < -0.4 is 0 Å². The molecule has 0 amide bonds. The average molecular weight is 330 g/mol. The molecule has 0 radical (unpaired) electrons. The second-order valence-corrected chi connectivity index (χ2v) is 6.40. The van der Waals surface area contributed by atoms with Gasteiger partial charge in [0.15, 0.2) is 0 Å². The summed E-state index contributed by atoms with van der Waals surface area (Å²) in [7, 11) is 1.46. The fraction of sp³-hybridized carbons (Fsp3) is 0.316. The van der Waals surface area contributed by atoms with Crippen molar-refractivity contribution in [2.75, 3.05) is 20.2 Å². The summed E-state index contributed by atoms with van der Waals surface area (Å²) in [5.74, 6) is -0.131. The van der Waals surface area contributed by atoms with Crippen LogP contribution in [0.5, 0.6) is 0 Å². The maximum atomic E-state index is 12.2. The van der Waals surface area contributed by atoms with Crippen molar-refractivity contribution in [1.29, 1.82) is 0 Å². The highest BCUT2D eigenvalue weighted by Gasteiger charge is 2.39. The molecule has 2 aromatic rings. The Bertz CT molecular complexity index is 657. The molecule has 0 saturated carbocycles. The van der Waals surface area contributed by atoms with Gasteiger partial charge in [-0.15, -0.1) is 0 Å². The summed E-state index contributed by atoms with van der Waals surface area (Å²) >= 11 is 5.98. The van der Waals surface area contributed by atoms with Crippen LogP contribution in [-0.2, 0) is 16.1 Å². The summed E-state index contributed by atoms with van der Waals surface area (Å²) in [6.45, 7) is 2.41. The van der Waals surface area contributed by atoms with E-state index in [0.29, 0.717) is 5.02 Å². The molecule has 1 aliphatic heterocycles. The van der Waals surface area contributed by atoms with Crippen LogP contribution in [0.15, 0.2) is 54.6 Å². The Balaban J connectivity index is 1.79. The van der Waals surface area contributed by atoms with Gasteiger partial charge in [-0.25, -0.2) is 0 Å². The average Bonchev–Trinajstić information content (AvgIpc) is 2.99. The monoisotopic (exact) mass is 329 g/mol. The Hall–Kier alpha value is -1.84. The number of benzene rings is 2. The quantitative estimate of drug-likeness (QED) is 0.800. The van der Waals surface area contributed by atoms with Crippen molar-refractivity contribution in [2.24, 2.45) is 5.92 Å². The van der Waals surface area contributed by atoms with E-state index in [1.165, 1.54) is 12.7 Å². The zero-order valence-corrected chi connectivity index (χ0v) is 13.9. The van der Waals surface area contributed by atoms with Crippen molar-refractivity contribution in [3.63, 3.8) is 0 Å². The van der Waals surface area contributed by atoms with Crippen LogP contribution in [0, 0.1) is 5.92 Å². The molecule has 23 heavy (non-hydrogen) atoms. The first-order valence-electron chi connectivity index (χ1n) is 7.77. The molecule has 120 valence electrons. The zero-order valence-electron chi connectivity index (χ0n) is 13.1. The Labute approximate surface area is 141 Å². The standard InChI is InChI=1S/C19H20ClNO2/c1-23-19(22)18-13-21(11-14-5-3-2-4-6-14)12-17(18)15-7-9-16(20)10-8-15/h2-10,17-18H,11-13H2,1H3/t17-,18-/m0/s1. The molecule has 3 nitrogen and oxygen atoms in total. The van der Waals surface area contributed by atoms with Crippen molar-refractivity contribution in [2.45, 2.75) is 12.5 Å². The number of hydrogen-bond acceptors (Lipinski definition) is 3. The molecule has 0 aromatic heterocycles. The minimum atomic E-state index is -0.138. The molecule has 2 aromatic carbocycles. The van der Waals surface area contributed by atoms with E-state index in [0.717, 1.165) is 25.2 Å². The molecule has 0 bridgehead atoms. The van der Waals surface area contributed by atoms with Crippen molar-refractivity contribution >= 4 is 17.6 Å². The van der Waals surface area contributed by atoms with Crippen LogP contribution in [0.25, 0.3) is 0 Å². The number of ether oxygens (including phenoxy) is 1. The molecular weight excluding hydrogens is 310 g/mol. The lowest BCUT2D eigenvalue weighted by molar-refractivity contribution is -0.145. The Morgan fingerprint density at radius 2 is 1.83 bits per heavy atom. The number of nitrogens with zero attached hydrogens (tertiary/aromatic N) is 1. The van der Waals surface area contributed by atoms with Gasteiger partial charge < -0.3 is 4.74 Å². The third kappa shape index (κ3) is 3.74. The molecule has 3 rings (SSSR count). The SMILES string of the molecule is COC(=O)[C@H]1CN(Cc2ccccc2)C[C@H]1c1ccc(Cl)cc1. The maximum absolute atomic E-state index is 12.2. The molecule has 4 heteroatoms. The van der Waals surface area contributed by atoms with Crippen LogP contribution in [-0.4, -0.2) is 31.1 Å². The number of hydrogen-bond donors (Lipinski definition) is 0. The van der Waals surface area contributed by atoms with Crippen molar-refractivity contribution < 1.29 is 9.53 Å². The molecule has 2 atom stereocenters. The molecule has 0 unspecified atom stereocenters. The molecule has 1 heterocycles. The zero-order chi connectivity index (χ0) is 16.2. The normalized spacial score (nSPS) is 21.3. The molecule has 0 aliphatic carbocycles. The van der Waals surface area contributed by atoms with Crippen LogP contribution in [0.3, 0.4) is 0 Å². The fourth-order valence-electron chi connectivity index (χ4n) is 3.29. The van der Waals surface area contributed by atoms with E-state index in [9.17, 15) is 4.79 Å². The fourth-order valence-corrected chi connectivity index (χ4v) is 3.42. The number of rotatable bonds is 4. The third-order valence-electron chi connectivity index (χ3n) is 4.45. The first-order chi connectivity index (χ1) is 11.2. The van der Waals surface area contributed by atoms with Crippen molar-refractivity contribution in [3.8, 4) is 0 Å². The highest BCUT2D eigenvalue weighted by molar-refractivity contribution is 6.30. The number of carbonyl (C=O) groups excluding carboxylic acids is 1.